The minimum absolute atomic E-state index is 0.133. The molecule has 0 bridgehead atoms. The van der Waals surface area contributed by atoms with Gasteiger partial charge in [-0.05, 0) is 49.4 Å². The number of nitrogens with zero attached hydrogens (tertiary/aromatic N) is 2. The Hall–Kier alpha value is -3.08. The first-order valence-electron chi connectivity index (χ1n) is 7.81. The van der Waals surface area contributed by atoms with E-state index in [0.717, 1.165) is 22.7 Å². The van der Waals surface area contributed by atoms with Crippen LogP contribution < -0.4 is 9.64 Å². The number of benzene rings is 2. The summed E-state index contributed by atoms with van der Waals surface area (Å²) in [6, 6.07) is 18.9. The second-order valence-corrected chi connectivity index (χ2v) is 5.32. The highest BCUT2D eigenvalue weighted by Gasteiger charge is 2.16. The highest BCUT2D eigenvalue weighted by atomic mass is 16.5. The van der Waals surface area contributed by atoms with Gasteiger partial charge in [-0.2, -0.15) is 5.10 Å². The number of amides is 1. The van der Waals surface area contributed by atoms with Crippen molar-refractivity contribution in [1.82, 2.24) is 10.2 Å². The summed E-state index contributed by atoms with van der Waals surface area (Å²) in [7, 11) is 1.75. The summed E-state index contributed by atoms with van der Waals surface area (Å²) in [6.45, 7) is 2.58. The number of anilines is 1. The maximum atomic E-state index is 12.6. The molecule has 0 spiro atoms. The van der Waals surface area contributed by atoms with Crippen LogP contribution in [0.5, 0.6) is 5.75 Å². The Balaban J connectivity index is 1.78. The Bertz CT molecular complexity index is 810. The maximum Gasteiger partial charge on any atom is 0.276 e. The van der Waals surface area contributed by atoms with Crippen molar-refractivity contribution in [2.24, 2.45) is 0 Å². The Kier molecular flexibility index (Phi) is 4.61. The second-order valence-electron chi connectivity index (χ2n) is 5.32. The van der Waals surface area contributed by atoms with Gasteiger partial charge in [-0.25, -0.2) is 0 Å². The molecule has 122 valence electrons. The molecule has 3 aromatic rings. The first kappa shape index (κ1) is 15.8. The number of aromatic amines is 1. The van der Waals surface area contributed by atoms with Crippen molar-refractivity contribution in [2.45, 2.75) is 6.92 Å². The zero-order valence-corrected chi connectivity index (χ0v) is 13.7. The summed E-state index contributed by atoms with van der Waals surface area (Å²) >= 11 is 0. The number of rotatable bonds is 5. The number of nitrogens with one attached hydrogen (secondary N) is 1. The summed E-state index contributed by atoms with van der Waals surface area (Å²) in [5, 5.41) is 7.07. The number of hydrogen-bond donors (Lipinski definition) is 1. The van der Waals surface area contributed by atoms with Gasteiger partial charge in [0.05, 0.1) is 12.3 Å². The van der Waals surface area contributed by atoms with Crippen LogP contribution in [-0.4, -0.2) is 29.8 Å². The number of ether oxygens (including phenoxy) is 1. The number of para-hydroxylation sites is 1. The molecule has 0 aliphatic rings. The van der Waals surface area contributed by atoms with Crippen LogP contribution in [0.25, 0.3) is 11.3 Å². The lowest BCUT2D eigenvalue weighted by Gasteiger charge is -2.15. The molecule has 0 aliphatic heterocycles. The number of aromatic nitrogens is 2. The van der Waals surface area contributed by atoms with E-state index >= 15 is 0 Å². The third-order valence-corrected chi connectivity index (χ3v) is 3.72. The first-order chi connectivity index (χ1) is 11.7. The van der Waals surface area contributed by atoms with Crippen molar-refractivity contribution in [1.29, 1.82) is 0 Å². The van der Waals surface area contributed by atoms with E-state index in [2.05, 4.69) is 10.2 Å². The summed E-state index contributed by atoms with van der Waals surface area (Å²) < 4.78 is 5.43. The third kappa shape index (κ3) is 3.30. The van der Waals surface area contributed by atoms with Gasteiger partial charge in [0, 0.05) is 18.3 Å². The van der Waals surface area contributed by atoms with Crippen LogP contribution >= 0.6 is 0 Å². The van der Waals surface area contributed by atoms with E-state index in [1.165, 1.54) is 0 Å². The van der Waals surface area contributed by atoms with Gasteiger partial charge in [0.2, 0.25) is 0 Å². The lowest BCUT2D eigenvalue weighted by Crippen LogP contribution is -2.26. The molecule has 0 aliphatic carbocycles. The second kappa shape index (κ2) is 7.00. The fourth-order valence-corrected chi connectivity index (χ4v) is 2.42. The highest BCUT2D eigenvalue weighted by molar-refractivity contribution is 6.04. The van der Waals surface area contributed by atoms with Crippen molar-refractivity contribution in [3.8, 4) is 17.0 Å². The van der Waals surface area contributed by atoms with E-state index in [-0.39, 0.29) is 5.91 Å². The molecule has 2 aromatic carbocycles. The molecule has 1 heterocycles. The average Bonchev–Trinajstić information content (AvgIpc) is 3.12. The van der Waals surface area contributed by atoms with E-state index < -0.39 is 0 Å². The van der Waals surface area contributed by atoms with Gasteiger partial charge in [-0.15, -0.1) is 0 Å². The molecule has 0 saturated heterocycles. The molecular formula is C19H19N3O2. The van der Waals surface area contributed by atoms with Gasteiger partial charge in [-0.1, -0.05) is 18.2 Å². The van der Waals surface area contributed by atoms with Crippen molar-refractivity contribution >= 4 is 11.6 Å². The molecular weight excluding hydrogens is 302 g/mol. The van der Waals surface area contributed by atoms with Crippen LogP contribution in [0.3, 0.4) is 0 Å². The molecule has 5 nitrogen and oxygen atoms in total. The quantitative estimate of drug-likeness (QED) is 0.778. The smallest absolute Gasteiger partial charge is 0.276 e. The summed E-state index contributed by atoms with van der Waals surface area (Å²) in [4.78, 5) is 14.2. The van der Waals surface area contributed by atoms with Crippen LogP contribution in [-0.2, 0) is 0 Å². The Morgan fingerprint density at radius 3 is 2.50 bits per heavy atom. The van der Waals surface area contributed by atoms with Crippen molar-refractivity contribution in [2.75, 3.05) is 18.6 Å². The van der Waals surface area contributed by atoms with Crippen molar-refractivity contribution in [3.05, 3.63) is 66.4 Å². The van der Waals surface area contributed by atoms with Crippen molar-refractivity contribution in [3.63, 3.8) is 0 Å². The molecule has 24 heavy (non-hydrogen) atoms. The summed E-state index contributed by atoms with van der Waals surface area (Å²) in [6.07, 6.45) is 0. The van der Waals surface area contributed by atoms with E-state index in [1.807, 2.05) is 61.5 Å². The molecule has 0 unspecified atom stereocenters. The van der Waals surface area contributed by atoms with Crippen LogP contribution in [0, 0.1) is 0 Å². The van der Waals surface area contributed by atoms with Gasteiger partial charge in [-0.3, -0.25) is 9.89 Å². The lowest BCUT2D eigenvalue weighted by atomic mass is 10.1. The largest absolute Gasteiger partial charge is 0.494 e. The van der Waals surface area contributed by atoms with E-state index in [4.69, 9.17) is 4.74 Å². The normalized spacial score (nSPS) is 10.4. The molecule has 0 fully saturated rings. The molecule has 0 atom stereocenters. The summed E-state index contributed by atoms with van der Waals surface area (Å²) in [5.41, 5.74) is 2.93. The van der Waals surface area contributed by atoms with Gasteiger partial charge < -0.3 is 9.64 Å². The molecule has 0 saturated carbocycles. The van der Waals surface area contributed by atoms with E-state index in [9.17, 15) is 4.79 Å². The predicted octanol–water partition coefficient (Wildman–Crippen LogP) is 3.75. The zero-order chi connectivity index (χ0) is 16.9. The Morgan fingerprint density at radius 1 is 1.12 bits per heavy atom. The number of carbonyl (C=O) groups excluding carboxylic acids is 1. The number of carbonyl (C=O) groups is 1. The van der Waals surface area contributed by atoms with Crippen LogP contribution in [0.1, 0.15) is 17.4 Å². The van der Waals surface area contributed by atoms with E-state index in [1.54, 1.807) is 18.0 Å². The minimum atomic E-state index is -0.133. The molecule has 5 heteroatoms. The molecule has 1 amide bonds. The van der Waals surface area contributed by atoms with Gasteiger partial charge in [0.15, 0.2) is 0 Å². The monoisotopic (exact) mass is 321 g/mol. The standard InChI is InChI=1S/C19H19N3O2/c1-3-24-16-11-9-14(10-12-16)17-13-18(21-20-17)19(23)22(2)15-7-5-4-6-8-15/h4-13H,3H2,1-2H3,(H,20,21). The van der Waals surface area contributed by atoms with Crippen LogP contribution in [0.4, 0.5) is 5.69 Å². The van der Waals surface area contributed by atoms with Crippen LogP contribution in [0.15, 0.2) is 60.7 Å². The first-order valence-corrected chi connectivity index (χ1v) is 7.81. The van der Waals surface area contributed by atoms with Crippen molar-refractivity contribution < 1.29 is 9.53 Å². The Labute approximate surface area is 140 Å². The van der Waals surface area contributed by atoms with Gasteiger partial charge >= 0.3 is 0 Å². The van der Waals surface area contributed by atoms with Crippen LogP contribution in [0.2, 0.25) is 0 Å². The average molecular weight is 321 g/mol. The summed E-state index contributed by atoms with van der Waals surface area (Å²) in [5.74, 6) is 0.683. The Morgan fingerprint density at radius 2 is 1.83 bits per heavy atom. The maximum absolute atomic E-state index is 12.6. The fraction of sp³-hybridized carbons (Fsp3) is 0.158. The molecule has 0 radical (unpaired) electrons. The highest BCUT2D eigenvalue weighted by Crippen LogP contribution is 2.22. The fourth-order valence-electron chi connectivity index (χ4n) is 2.42. The zero-order valence-electron chi connectivity index (χ0n) is 13.7. The SMILES string of the molecule is CCOc1ccc(-c2cc(C(=O)N(C)c3ccccc3)[nH]n2)cc1. The number of hydrogen-bond acceptors (Lipinski definition) is 3. The predicted molar refractivity (Wildman–Crippen MR) is 94.4 cm³/mol. The number of H-pyrrole nitrogens is 1. The van der Waals surface area contributed by atoms with Gasteiger partial charge in [0.25, 0.3) is 5.91 Å². The lowest BCUT2D eigenvalue weighted by molar-refractivity contribution is 0.0988. The topological polar surface area (TPSA) is 58.2 Å². The van der Waals surface area contributed by atoms with Gasteiger partial charge in [0.1, 0.15) is 11.4 Å². The molecule has 1 aromatic heterocycles. The minimum Gasteiger partial charge on any atom is -0.494 e. The molecule has 3 rings (SSSR count). The van der Waals surface area contributed by atoms with E-state index in [0.29, 0.717) is 12.3 Å². The molecule has 1 N–H and O–H groups in total. The third-order valence-electron chi connectivity index (χ3n) is 3.72.